The van der Waals surface area contributed by atoms with Crippen molar-refractivity contribution in [3.8, 4) is 5.88 Å². The van der Waals surface area contributed by atoms with Gasteiger partial charge in [0.15, 0.2) is 5.60 Å². The molecule has 4 aromatic rings. The number of alkyl halides is 1. The number of hydrogen-bond donors (Lipinski definition) is 1. The largest absolute Gasteiger partial charge is 0.481 e. The van der Waals surface area contributed by atoms with Crippen molar-refractivity contribution in [2.75, 3.05) is 20.2 Å². The maximum atomic E-state index is 13.7. The van der Waals surface area contributed by atoms with E-state index in [-0.39, 0.29) is 0 Å². The number of ether oxygens (including phenoxy) is 1. The number of aliphatic hydroxyl groups is 1. The molecule has 3 aromatic heterocycles. The second kappa shape index (κ2) is 9.96. The minimum Gasteiger partial charge on any atom is -0.481 e. The molecular formula is C27H30ClFN6O2. The fraction of sp³-hybridized carbons (Fsp3) is 0.407. The maximum absolute atomic E-state index is 13.7. The lowest BCUT2D eigenvalue weighted by atomic mass is 9.82. The minimum atomic E-state index is -1.59. The van der Waals surface area contributed by atoms with E-state index in [0.717, 1.165) is 11.3 Å². The molecule has 0 bridgehead atoms. The van der Waals surface area contributed by atoms with E-state index in [1.807, 2.05) is 44.2 Å². The predicted molar refractivity (Wildman–Crippen MR) is 140 cm³/mol. The summed E-state index contributed by atoms with van der Waals surface area (Å²) < 4.78 is 20.8. The van der Waals surface area contributed by atoms with Gasteiger partial charge in [-0.2, -0.15) is 0 Å². The number of halogens is 2. The van der Waals surface area contributed by atoms with E-state index in [0.29, 0.717) is 76.8 Å². The topological polar surface area (TPSA) is 89.2 Å². The van der Waals surface area contributed by atoms with Crippen molar-refractivity contribution in [1.29, 1.82) is 0 Å². The quantitative estimate of drug-likeness (QED) is 0.403. The Labute approximate surface area is 220 Å². The summed E-state index contributed by atoms with van der Waals surface area (Å²) in [6.07, 6.45) is 1.80. The van der Waals surface area contributed by atoms with Gasteiger partial charge in [-0.3, -0.25) is 9.88 Å². The molecule has 1 aliphatic heterocycles. The number of piperidine rings is 1. The number of fused-ring (bicyclic) bond motifs is 1. The first-order chi connectivity index (χ1) is 17.7. The van der Waals surface area contributed by atoms with Crippen LogP contribution >= 0.6 is 11.6 Å². The number of methoxy groups -OCH3 is 1. The van der Waals surface area contributed by atoms with Crippen molar-refractivity contribution in [3.63, 3.8) is 0 Å². The van der Waals surface area contributed by atoms with Gasteiger partial charge >= 0.3 is 0 Å². The van der Waals surface area contributed by atoms with Crippen molar-refractivity contribution in [2.24, 2.45) is 7.05 Å². The van der Waals surface area contributed by atoms with Crippen LogP contribution in [0.2, 0.25) is 5.02 Å². The molecule has 1 aliphatic rings. The van der Waals surface area contributed by atoms with E-state index in [2.05, 4.69) is 20.2 Å². The van der Waals surface area contributed by atoms with Gasteiger partial charge in [0.1, 0.15) is 6.17 Å². The second-order valence-electron chi connectivity index (χ2n) is 9.64. The van der Waals surface area contributed by atoms with E-state index in [9.17, 15) is 9.50 Å². The lowest BCUT2D eigenvalue weighted by Gasteiger charge is -2.31. The van der Waals surface area contributed by atoms with Gasteiger partial charge in [-0.15, -0.1) is 5.10 Å². The number of aryl methyl sites for hydroxylation is 3. The molecule has 37 heavy (non-hydrogen) atoms. The van der Waals surface area contributed by atoms with Crippen molar-refractivity contribution in [2.45, 2.75) is 45.0 Å². The SMILES string of the molecule is COc1nc2ccc(C(O)(c3ccc(C)nc3C)c3cnnn3C)cc2c(Cl)c1CN1CCC(F)CC1. The van der Waals surface area contributed by atoms with E-state index < -0.39 is 11.8 Å². The average molecular weight is 525 g/mol. The van der Waals surface area contributed by atoms with Crippen molar-refractivity contribution >= 4 is 22.5 Å². The number of hydrogen-bond acceptors (Lipinski definition) is 7. The normalized spacial score (nSPS) is 16.7. The molecule has 4 heterocycles. The van der Waals surface area contributed by atoms with Gasteiger partial charge in [0.05, 0.1) is 29.5 Å². The van der Waals surface area contributed by atoms with Crippen LogP contribution in [0.5, 0.6) is 5.88 Å². The van der Waals surface area contributed by atoms with Crippen LogP contribution in [0, 0.1) is 13.8 Å². The van der Waals surface area contributed by atoms with Gasteiger partial charge in [0.2, 0.25) is 5.88 Å². The summed E-state index contributed by atoms with van der Waals surface area (Å²) in [7, 11) is 3.31. The van der Waals surface area contributed by atoms with E-state index in [1.54, 1.807) is 25.0 Å². The standard InChI is InChI=1S/C27H30ClFN6O2/c1-16-5-7-22(17(2)31-16)27(36,24-14-30-33-34(24)3)18-6-8-23-20(13-18)25(28)21(26(32-23)37-4)15-35-11-9-19(29)10-12-35/h5-8,13-14,19,36H,9-12,15H2,1-4H3. The molecule has 1 fully saturated rings. The molecule has 194 valence electrons. The molecule has 5 rings (SSSR count). The Morgan fingerprint density at radius 1 is 1.16 bits per heavy atom. The Balaban J connectivity index is 1.67. The summed E-state index contributed by atoms with van der Waals surface area (Å²) in [6.45, 7) is 5.57. The zero-order chi connectivity index (χ0) is 26.3. The van der Waals surface area contributed by atoms with Crippen LogP contribution in [0.1, 0.15) is 46.6 Å². The van der Waals surface area contributed by atoms with Crippen LogP contribution in [-0.2, 0) is 19.2 Å². The highest BCUT2D eigenvalue weighted by Gasteiger charge is 2.39. The first kappa shape index (κ1) is 25.5. The number of benzene rings is 1. The van der Waals surface area contributed by atoms with Gasteiger partial charge in [0.25, 0.3) is 0 Å². The molecular weight excluding hydrogens is 495 g/mol. The average Bonchev–Trinajstić information content (AvgIpc) is 3.32. The first-order valence-corrected chi connectivity index (χ1v) is 12.7. The maximum Gasteiger partial charge on any atom is 0.219 e. The highest BCUT2D eigenvalue weighted by molar-refractivity contribution is 6.36. The van der Waals surface area contributed by atoms with Crippen molar-refractivity contribution < 1.29 is 14.2 Å². The first-order valence-electron chi connectivity index (χ1n) is 12.3. The van der Waals surface area contributed by atoms with Crippen molar-refractivity contribution in [1.82, 2.24) is 29.9 Å². The van der Waals surface area contributed by atoms with Crippen LogP contribution in [0.3, 0.4) is 0 Å². The van der Waals surface area contributed by atoms with E-state index in [4.69, 9.17) is 21.3 Å². The number of rotatable bonds is 6. The minimum absolute atomic E-state index is 0.442. The predicted octanol–water partition coefficient (Wildman–Crippen LogP) is 4.26. The third-order valence-electron chi connectivity index (χ3n) is 7.19. The monoisotopic (exact) mass is 524 g/mol. The Bertz CT molecular complexity index is 1450. The molecule has 0 radical (unpaired) electrons. The molecule has 1 atom stereocenters. The Kier molecular flexibility index (Phi) is 6.87. The van der Waals surface area contributed by atoms with E-state index >= 15 is 0 Å². The fourth-order valence-corrected chi connectivity index (χ4v) is 5.48. The Morgan fingerprint density at radius 2 is 1.92 bits per heavy atom. The lowest BCUT2D eigenvalue weighted by molar-refractivity contribution is 0.115. The third-order valence-corrected chi connectivity index (χ3v) is 7.62. The lowest BCUT2D eigenvalue weighted by Crippen LogP contribution is -2.34. The summed E-state index contributed by atoms with van der Waals surface area (Å²) in [4.78, 5) is 11.5. The van der Waals surface area contributed by atoms with Crippen LogP contribution < -0.4 is 4.74 Å². The number of likely N-dealkylation sites (tertiary alicyclic amines) is 1. The molecule has 8 nitrogen and oxygen atoms in total. The fourth-order valence-electron chi connectivity index (χ4n) is 5.18. The molecule has 0 aliphatic carbocycles. The summed E-state index contributed by atoms with van der Waals surface area (Å²) >= 11 is 7.01. The highest BCUT2D eigenvalue weighted by Crippen LogP contribution is 2.41. The smallest absolute Gasteiger partial charge is 0.219 e. The van der Waals surface area contributed by atoms with Crippen LogP contribution in [-0.4, -0.2) is 61.3 Å². The van der Waals surface area contributed by atoms with Gasteiger partial charge in [-0.05, 0) is 50.5 Å². The molecule has 0 amide bonds. The molecule has 0 saturated carbocycles. The second-order valence-corrected chi connectivity index (χ2v) is 10.0. The molecule has 1 aromatic carbocycles. The summed E-state index contributed by atoms with van der Waals surface area (Å²) in [5, 5.41) is 21.7. The summed E-state index contributed by atoms with van der Waals surface area (Å²) in [5.74, 6) is 0.442. The zero-order valence-electron chi connectivity index (χ0n) is 21.4. The third kappa shape index (κ3) is 4.56. The number of pyridine rings is 2. The van der Waals surface area contributed by atoms with E-state index in [1.165, 1.54) is 0 Å². The molecule has 0 spiro atoms. The molecule has 1 unspecified atom stereocenters. The van der Waals surface area contributed by atoms with Crippen molar-refractivity contribution in [3.05, 3.63) is 75.3 Å². The van der Waals surface area contributed by atoms with Gasteiger partial charge in [0, 0.05) is 54.6 Å². The Morgan fingerprint density at radius 3 is 2.57 bits per heavy atom. The van der Waals surface area contributed by atoms with Crippen LogP contribution in [0.25, 0.3) is 10.9 Å². The van der Waals surface area contributed by atoms with Gasteiger partial charge < -0.3 is 9.84 Å². The Hall–Kier alpha value is -3.14. The molecule has 1 N–H and O–H groups in total. The van der Waals surface area contributed by atoms with Gasteiger partial charge in [-0.1, -0.05) is 28.9 Å². The highest BCUT2D eigenvalue weighted by atomic mass is 35.5. The summed E-state index contributed by atoms with van der Waals surface area (Å²) in [5.41, 5.74) is 3.03. The molecule has 1 saturated heterocycles. The summed E-state index contributed by atoms with van der Waals surface area (Å²) in [6, 6.07) is 9.25. The molecule has 10 heteroatoms. The number of nitrogens with zero attached hydrogens (tertiary/aromatic N) is 6. The van der Waals surface area contributed by atoms with Gasteiger partial charge in [-0.25, -0.2) is 14.1 Å². The number of aromatic nitrogens is 5. The van der Waals surface area contributed by atoms with Crippen LogP contribution in [0.4, 0.5) is 4.39 Å². The zero-order valence-corrected chi connectivity index (χ0v) is 22.1. The van der Waals surface area contributed by atoms with Crippen LogP contribution in [0.15, 0.2) is 36.5 Å².